The minimum absolute atomic E-state index is 0.115. The first kappa shape index (κ1) is 24.8. The number of amides is 1. The van der Waals surface area contributed by atoms with Crippen LogP contribution < -0.4 is 9.64 Å². The summed E-state index contributed by atoms with van der Waals surface area (Å²) >= 11 is 0. The molecule has 0 saturated carbocycles. The van der Waals surface area contributed by atoms with Crippen LogP contribution in [0.5, 0.6) is 5.75 Å². The number of rotatable bonds is 8. The molecule has 8 nitrogen and oxygen atoms in total. The molecule has 2 saturated heterocycles. The molecule has 2 aromatic carbocycles. The Hall–Kier alpha value is -3.36. The van der Waals surface area contributed by atoms with Crippen LogP contribution in [0.25, 0.3) is 5.76 Å². The number of ether oxygens (including phenoxy) is 2. The van der Waals surface area contributed by atoms with Gasteiger partial charge in [0.15, 0.2) is 0 Å². The molecule has 2 fully saturated rings. The van der Waals surface area contributed by atoms with Gasteiger partial charge in [0.25, 0.3) is 11.7 Å². The maximum absolute atomic E-state index is 13.2. The second-order valence-corrected chi connectivity index (χ2v) is 9.01. The van der Waals surface area contributed by atoms with E-state index in [1.165, 1.54) is 0 Å². The lowest BCUT2D eigenvalue weighted by Crippen LogP contribution is -2.38. The molecular weight excluding hydrogens is 446 g/mol. The Morgan fingerprint density at radius 1 is 1.03 bits per heavy atom. The van der Waals surface area contributed by atoms with Crippen molar-refractivity contribution in [2.24, 2.45) is 0 Å². The summed E-state index contributed by atoms with van der Waals surface area (Å²) in [6, 6.07) is 13.9. The maximum Gasteiger partial charge on any atom is 0.295 e. The summed E-state index contributed by atoms with van der Waals surface area (Å²) in [5, 5.41) is 11.2. The van der Waals surface area contributed by atoms with Gasteiger partial charge >= 0.3 is 0 Å². The van der Waals surface area contributed by atoms with Gasteiger partial charge in [-0.05, 0) is 48.4 Å². The van der Waals surface area contributed by atoms with Crippen molar-refractivity contribution in [2.75, 3.05) is 65.5 Å². The number of aliphatic hydroxyl groups excluding tert-OH is 1. The predicted molar refractivity (Wildman–Crippen MR) is 135 cm³/mol. The number of likely N-dealkylation sites (tertiary alicyclic amines) is 1. The standard InChI is InChI=1S/C27H33N3O5/c1-28(2)21-9-5-19(6-10-21)24-23(25(31)20-7-11-22(34-3)12-8-20)26(32)27(33)30(24)14-4-13-29-15-17-35-18-16-29/h5-12,24,31H,4,13-18H2,1-3H3/t24-/m0/s1. The highest BCUT2D eigenvalue weighted by Crippen LogP contribution is 2.40. The molecule has 4 rings (SSSR count). The second-order valence-electron chi connectivity index (χ2n) is 9.01. The minimum atomic E-state index is -0.661. The van der Waals surface area contributed by atoms with Gasteiger partial charge in [0, 0.05) is 51.5 Å². The number of aliphatic hydroxyl groups is 1. The van der Waals surface area contributed by atoms with E-state index in [9.17, 15) is 14.7 Å². The lowest BCUT2D eigenvalue weighted by atomic mass is 9.95. The van der Waals surface area contributed by atoms with Gasteiger partial charge in [-0.1, -0.05) is 12.1 Å². The van der Waals surface area contributed by atoms with E-state index in [4.69, 9.17) is 9.47 Å². The van der Waals surface area contributed by atoms with Gasteiger partial charge < -0.3 is 24.4 Å². The number of Topliss-reactive ketones (excluding diaryl/α,β-unsaturated/α-hetero) is 1. The lowest BCUT2D eigenvalue weighted by molar-refractivity contribution is -0.140. The SMILES string of the molecule is COc1ccc(C(O)=C2C(=O)C(=O)N(CCCN3CCOCC3)[C@H]2c2ccc(N(C)C)cc2)cc1. The van der Waals surface area contributed by atoms with Crippen LogP contribution >= 0.6 is 0 Å². The first-order chi connectivity index (χ1) is 16.9. The largest absolute Gasteiger partial charge is 0.507 e. The van der Waals surface area contributed by atoms with Crippen LogP contribution in [0, 0.1) is 0 Å². The Kier molecular flexibility index (Phi) is 7.73. The fraction of sp³-hybridized carbons (Fsp3) is 0.407. The van der Waals surface area contributed by atoms with Crippen LogP contribution in [0.3, 0.4) is 0 Å². The summed E-state index contributed by atoms with van der Waals surface area (Å²) < 4.78 is 10.6. The normalized spacial score (nSPS) is 20.3. The van der Waals surface area contributed by atoms with Crippen LogP contribution in [-0.2, 0) is 14.3 Å². The zero-order valence-electron chi connectivity index (χ0n) is 20.6. The number of nitrogens with zero attached hydrogens (tertiary/aromatic N) is 3. The maximum atomic E-state index is 13.2. The first-order valence-electron chi connectivity index (χ1n) is 11.9. The van der Waals surface area contributed by atoms with Crippen molar-refractivity contribution < 1.29 is 24.2 Å². The van der Waals surface area contributed by atoms with Crippen molar-refractivity contribution in [1.29, 1.82) is 0 Å². The quantitative estimate of drug-likeness (QED) is 0.354. The van der Waals surface area contributed by atoms with Gasteiger partial charge in [-0.3, -0.25) is 14.5 Å². The average molecular weight is 480 g/mol. The molecule has 2 aromatic rings. The monoisotopic (exact) mass is 479 g/mol. The molecule has 186 valence electrons. The van der Waals surface area contributed by atoms with Crippen molar-refractivity contribution in [3.05, 3.63) is 65.2 Å². The Bertz CT molecular complexity index is 1070. The number of carbonyl (C=O) groups excluding carboxylic acids is 2. The summed E-state index contributed by atoms with van der Waals surface area (Å²) in [7, 11) is 5.47. The van der Waals surface area contributed by atoms with E-state index >= 15 is 0 Å². The summed E-state index contributed by atoms with van der Waals surface area (Å²) in [6.07, 6.45) is 0.724. The van der Waals surface area contributed by atoms with E-state index in [0.29, 0.717) is 31.1 Å². The van der Waals surface area contributed by atoms with Crippen molar-refractivity contribution >= 4 is 23.1 Å². The second kappa shape index (κ2) is 10.9. The Morgan fingerprint density at radius 2 is 1.69 bits per heavy atom. The van der Waals surface area contributed by atoms with E-state index < -0.39 is 17.7 Å². The Balaban J connectivity index is 1.67. The molecule has 1 atom stereocenters. The van der Waals surface area contributed by atoms with Crippen molar-refractivity contribution in [2.45, 2.75) is 12.5 Å². The number of hydrogen-bond donors (Lipinski definition) is 1. The van der Waals surface area contributed by atoms with Crippen molar-refractivity contribution in [3.63, 3.8) is 0 Å². The Labute approximate surface area is 206 Å². The first-order valence-corrected chi connectivity index (χ1v) is 11.9. The van der Waals surface area contributed by atoms with Gasteiger partial charge in [-0.2, -0.15) is 0 Å². The summed E-state index contributed by atoms with van der Waals surface area (Å²) in [5.74, 6) is -0.778. The van der Waals surface area contributed by atoms with Gasteiger partial charge in [-0.25, -0.2) is 0 Å². The highest BCUT2D eigenvalue weighted by Gasteiger charge is 2.45. The Morgan fingerprint density at radius 3 is 2.29 bits per heavy atom. The molecule has 2 aliphatic rings. The fourth-order valence-corrected chi connectivity index (χ4v) is 4.61. The number of benzene rings is 2. The van der Waals surface area contributed by atoms with Crippen molar-refractivity contribution in [1.82, 2.24) is 9.80 Å². The average Bonchev–Trinajstić information content (AvgIpc) is 3.14. The van der Waals surface area contributed by atoms with Crippen molar-refractivity contribution in [3.8, 4) is 5.75 Å². The third-order valence-corrected chi connectivity index (χ3v) is 6.61. The summed E-state index contributed by atoms with van der Waals surface area (Å²) in [4.78, 5) is 32.3. The topological polar surface area (TPSA) is 82.5 Å². The molecule has 0 aliphatic carbocycles. The van der Waals surface area contributed by atoms with Crippen LogP contribution in [0.1, 0.15) is 23.6 Å². The molecule has 1 N–H and O–H groups in total. The summed E-state index contributed by atoms with van der Waals surface area (Å²) in [5.41, 5.74) is 2.38. The van der Waals surface area contributed by atoms with E-state index in [0.717, 1.165) is 37.3 Å². The lowest BCUT2D eigenvalue weighted by Gasteiger charge is -2.29. The molecule has 1 amide bonds. The number of hydrogen-bond acceptors (Lipinski definition) is 7. The van der Waals surface area contributed by atoms with Crippen LogP contribution in [0.2, 0.25) is 0 Å². The van der Waals surface area contributed by atoms with E-state index in [1.807, 2.05) is 43.3 Å². The van der Waals surface area contributed by atoms with E-state index in [2.05, 4.69) is 4.90 Å². The van der Waals surface area contributed by atoms with E-state index in [-0.39, 0.29) is 11.3 Å². The number of ketones is 1. The molecule has 0 spiro atoms. The van der Waals surface area contributed by atoms with Gasteiger partial charge in [0.1, 0.15) is 11.5 Å². The molecule has 0 bridgehead atoms. The zero-order valence-corrected chi connectivity index (χ0v) is 20.6. The molecule has 0 radical (unpaired) electrons. The predicted octanol–water partition coefficient (Wildman–Crippen LogP) is 2.91. The molecule has 0 unspecified atom stereocenters. The third kappa shape index (κ3) is 5.33. The number of carbonyl (C=O) groups is 2. The minimum Gasteiger partial charge on any atom is -0.507 e. The number of methoxy groups -OCH3 is 1. The molecule has 8 heteroatoms. The van der Waals surface area contributed by atoms with Gasteiger partial charge in [0.2, 0.25) is 0 Å². The molecule has 35 heavy (non-hydrogen) atoms. The third-order valence-electron chi connectivity index (χ3n) is 6.61. The fourth-order valence-electron chi connectivity index (χ4n) is 4.61. The van der Waals surface area contributed by atoms with Crippen LogP contribution in [0.4, 0.5) is 5.69 Å². The molecule has 2 heterocycles. The number of morpholine rings is 1. The smallest absolute Gasteiger partial charge is 0.295 e. The highest BCUT2D eigenvalue weighted by atomic mass is 16.5. The molecular formula is C27H33N3O5. The van der Waals surface area contributed by atoms with Gasteiger partial charge in [0.05, 0.1) is 31.9 Å². The molecule has 0 aromatic heterocycles. The van der Waals surface area contributed by atoms with Gasteiger partial charge in [-0.15, -0.1) is 0 Å². The molecule has 2 aliphatic heterocycles. The summed E-state index contributed by atoms with van der Waals surface area (Å²) in [6.45, 7) is 4.39. The van der Waals surface area contributed by atoms with Crippen LogP contribution in [0.15, 0.2) is 54.1 Å². The zero-order chi connectivity index (χ0) is 24.9. The van der Waals surface area contributed by atoms with Crippen LogP contribution in [-0.4, -0.2) is 87.2 Å². The number of anilines is 1. The highest BCUT2D eigenvalue weighted by molar-refractivity contribution is 6.46. The van der Waals surface area contributed by atoms with E-state index in [1.54, 1.807) is 36.3 Å².